The van der Waals surface area contributed by atoms with Crippen LogP contribution in [0.15, 0.2) is 48.5 Å². The highest BCUT2D eigenvalue weighted by atomic mass is 19.1. The molecule has 2 aromatic carbocycles. The number of unbranched alkanes of at least 4 members (excludes halogenated alkanes) is 1. The number of benzene rings is 2. The Morgan fingerprint density at radius 3 is 2.23 bits per heavy atom. The molecule has 0 aliphatic rings. The fourth-order valence-corrected chi connectivity index (χ4v) is 3.26. The lowest BCUT2D eigenvalue weighted by atomic mass is 10.1. The molecule has 31 heavy (non-hydrogen) atoms. The molecule has 0 unspecified atom stereocenters. The van der Waals surface area contributed by atoms with E-state index in [9.17, 15) is 14.0 Å². The van der Waals surface area contributed by atoms with E-state index in [0.29, 0.717) is 18.7 Å². The number of halogens is 1. The summed E-state index contributed by atoms with van der Waals surface area (Å²) in [5, 5.41) is 2.92. The first-order valence-corrected chi connectivity index (χ1v) is 11.0. The highest BCUT2D eigenvalue weighted by Crippen LogP contribution is 2.16. The van der Waals surface area contributed by atoms with Crippen molar-refractivity contribution in [1.29, 1.82) is 0 Å². The number of rotatable bonds is 12. The van der Waals surface area contributed by atoms with Gasteiger partial charge in [0.05, 0.1) is 0 Å². The van der Waals surface area contributed by atoms with Crippen LogP contribution in [0.3, 0.4) is 0 Å². The molecular weight excluding hydrogens is 395 g/mol. The van der Waals surface area contributed by atoms with Crippen LogP contribution in [0.2, 0.25) is 0 Å². The van der Waals surface area contributed by atoms with Crippen LogP contribution >= 0.6 is 0 Å². The van der Waals surface area contributed by atoms with Gasteiger partial charge in [0.2, 0.25) is 5.91 Å². The molecule has 0 aliphatic heterocycles. The Hall–Kier alpha value is -2.89. The fraction of sp³-hybridized carbons (Fsp3) is 0.440. The Balaban J connectivity index is 2.14. The van der Waals surface area contributed by atoms with Crippen molar-refractivity contribution >= 4 is 11.8 Å². The summed E-state index contributed by atoms with van der Waals surface area (Å²) in [6.45, 7) is 6.60. The number of carbonyl (C=O) groups is 2. The molecule has 0 aromatic heterocycles. The molecule has 1 atom stereocenters. The summed E-state index contributed by atoms with van der Waals surface area (Å²) in [5.74, 6) is -0.211. The zero-order chi connectivity index (χ0) is 22.6. The molecule has 0 fully saturated rings. The van der Waals surface area contributed by atoms with Gasteiger partial charge in [-0.25, -0.2) is 4.39 Å². The number of hydrogen-bond acceptors (Lipinski definition) is 3. The molecule has 0 spiro atoms. The number of aryl methyl sites for hydroxylation is 1. The lowest BCUT2D eigenvalue weighted by Crippen LogP contribution is -2.50. The van der Waals surface area contributed by atoms with Crippen LogP contribution in [0.1, 0.15) is 51.2 Å². The van der Waals surface area contributed by atoms with Crippen molar-refractivity contribution in [2.45, 2.75) is 59.0 Å². The van der Waals surface area contributed by atoms with Crippen molar-refractivity contribution in [2.24, 2.45) is 0 Å². The molecule has 168 valence electrons. The normalized spacial score (nSPS) is 11.6. The Labute approximate surface area is 184 Å². The van der Waals surface area contributed by atoms with Gasteiger partial charge < -0.3 is 15.0 Å². The van der Waals surface area contributed by atoms with E-state index in [1.165, 1.54) is 22.6 Å². The van der Waals surface area contributed by atoms with Crippen molar-refractivity contribution in [3.8, 4) is 5.75 Å². The molecule has 5 nitrogen and oxygen atoms in total. The van der Waals surface area contributed by atoms with Gasteiger partial charge in [-0.2, -0.15) is 0 Å². The largest absolute Gasteiger partial charge is 0.484 e. The van der Waals surface area contributed by atoms with Gasteiger partial charge in [-0.05, 0) is 54.7 Å². The summed E-state index contributed by atoms with van der Waals surface area (Å²) in [7, 11) is 0. The standard InChI is InChI=1S/C25H33FN2O3/c1-4-7-16-27-25(30)23(6-3)28(17-20-8-12-21(26)13-9-20)24(29)18-31-22-14-10-19(5-2)11-15-22/h8-15,23H,4-7,16-18H2,1-3H3,(H,27,30)/t23-/m0/s1. The third-order valence-electron chi connectivity index (χ3n) is 5.18. The molecular formula is C25H33FN2O3. The molecule has 6 heteroatoms. The number of carbonyl (C=O) groups excluding carboxylic acids is 2. The molecule has 2 rings (SSSR count). The lowest BCUT2D eigenvalue weighted by Gasteiger charge is -2.30. The lowest BCUT2D eigenvalue weighted by molar-refractivity contribution is -0.143. The van der Waals surface area contributed by atoms with Gasteiger partial charge in [0.25, 0.3) is 5.91 Å². The maximum absolute atomic E-state index is 13.3. The highest BCUT2D eigenvalue weighted by Gasteiger charge is 2.28. The van der Waals surface area contributed by atoms with E-state index in [1.54, 1.807) is 12.1 Å². The number of ether oxygens (including phenoxy) is 1. The van der Waals surface area contributed by atoms with Crippen LogP contribution in [0.25, 0.3) is 0 Å². The Morgan fingerprint density at radius 1 is 1.00 bits per heavy atom. The average molecular weight is 429 g/mol. The van der Waals surface area contributed by atoms with Gasteiger partial charge in [-0.1, -0.05) is 51.5 Å². The second kappa shape index (κ2) is 12.7. The third-order valence-corrected chi connectivity index (χ3v) is 5.18. The van der Waals surface area contributed by atoms with Crippen molar-refractivity contribution < 1.29 is 18.7 Å². The smallest absolute Gasteiger partial charge is 0.261 e. The Morgan fingerprint density at radius 2 is 1.65 bits per heavy atom. The summed E-state index contributed by atoms with van der Waals surface area (Å²) in [5.41, 5.74) is 1.94. The fourth-order valence-electron chi connectivity index (χ4n) is 3.26. The zero-order valence-electron chi connectivity index (χ0n) is 18.7. The summed E-state index contributed by atoms with van der Waals surface area (Å²) in [6.07, 6.45) is 3.25. The predicted molar refractivity (Wildman–Crippen MR) is 120 cm³/mol. The van der Waals surface area contributed by atoms with Gasteiger partial charge in [-0.15, -0.1) is 0 Å². The van der Waals surface area contributed by atoms with E-state index in [0.717, 1.165) is 24.8 Å². The van der Waals surface area contributed by atoms with Gasteiger partial charge in [-0.3, -0.25) is 9.59 Å². The van der Waals surface area contributed by atoms with E-state index in [1.807, 2.05) is 31.2 Å². The first kappa shape index (κ1) is 24.4. The number of hydrogen-bond donors (Lipinski definition) is 1. The summed E-state index contributed by atoms with van der Waals surface area (Å²) in [6, 6.07) is 12.9. The summed E-state index contributed by atoms with van der Waals surface area (Å²) in [4.78, 5) is 27.4. The first-order valence-electron chi connectivity index (χ1n) is 11.0. The minimum Gasteiger partial charge on any atom is -0.484 e. The Kier molecular flexibility index (Phi) is 10.0. The van der Waals surface area contributed by atoms with Crippen molar-refractivity contribution in [1.82, 2.24) is 10.2 Å². The highest BCUT2D eigenvalue weighted by molar-refractivity contribution is 5.88. The molecule has 0 bridgehead atoms. The number of nitrogens with zero attached hydrogens (tertiary/aromatic N) is 1. The molecule has 2 amide bonds. The maximum Gasteiger partial charge on any atom is 0.261 e. The van der Waals surface area contributed by atoms with Crippen molar-refractivity contribution in [3.63, 3.8) is 0 Å². The van der Waals surface area contributed by atoms with E-state index >= 15 is 0 Å². The second-order valence-corrected chi connectivity index (χ2v) is 7.50. The van der Waals surface area contributed by atoms with E-state index in [-0.39, 0.29) is 30.8 Å². The molecule has 0 radical (unpaired) electrons. The molecule has 0 saturated carbocycles. The summed E-state index contributed by atoms with van der Waals surface area (Å²) < 4.78 is 19.0. The van der Waals surface area contributed by atoms with Gasteiger partial charge in [0.1, 0.15) is 17.6 Å². The SMILES string of the molecule is CCCCNC(=O)[C@H](CC)N(Cc1ccc(F)cc1)C(=O)COc1ccc(CC)cc1. The molecule has 0 saturated heterocycles. The van der Waals surface area contributed by atoms with Crippen LogP contribution < -0.4 is 10.1 Å². The quantitative estimate of drug-likeness (QED) is 0.507. The minimum absolute atomic E-state index is 0.175. The van der Waals surface area contributed by atoms with Crippen LogP contribution in [-0.2, 0) is 22.6 Å². The summed E-state index contributed by atoms with van der Waals surface area (Å²) >= 11 is 0. The van der Waals surface area contributed by atoms with E-state index in [4.69, 9.17) is 4.74 Å². The second-order valence-electron chi connectivity index (χ2n) is 7.50. The maximum atomic E-state index is 13.3. The predicted octanol–water partition coefficient (Wildman–Crippen LogP) is 4.49. The van der Waals surface area contributed by atoms with Gasteiger partial charge in [0, 0.05) is 13.1 Å². The topological polar surface area (TPSA) is 58.6 Å². The van der Waals surface area contributed by atoms with Crippen LogP contribution in [-0.4, -0.2) is 35.9 Å². The molecule has 0 heterocycles. The van der Waals surface area contributed by atoms with Crippen molar-refractivity contribution in [2.75, 3.05) is 13.2 Å². The average Bonchev–Trinajstić information content (AvgIpc) is 2.79. The molecule has 2 aromatic rings. The van der Waals surface area contributed by atoms with Crippen LogP contribution in [0.4, 0.5) is 4.39 Å². The van der Waals surface area contributed by atoms with E-state index < -0.39 is 6.04 Å². The Bertz CT molecular complexity index is 822. The number of nitrogens with one attached hydrogen (secondary N) is 1. The van der Waals surface area contributed by atoms with Crippen LogP contribution in [0.5, 0.6) is 5.75 Å². The van der Waals surface area contributed by atoms with E-state index in [2.05, 4.69) is 19.2 Å². The van der Waals surface area contributed by atoms with Gasteiger partial charge >= 0.3 is 0 Å². The third kappa shape index (κ3) is 7.70. The van der Waals surface area contributed by atoms with Gasteiger partial charge in [0.15, 0.2) is 6.61 Å². The zero-order valence-corrected chi connectivity index (χ0v) is 18.7. The molecule has 0 aliphatic carbocycles. The van der Waals surface area contributed by atoms with Crippen molar-refractivity contribution in [3.05, 3.63) is 65.5 Å². The number of amides is 2. The monoisotopic (exact) mass is 428 g/mol. The minimum atomic E-state index is -0.625. The first-order chi connectivity index (χ1) is 15.0. The molecule has 1 N–H and O–H groups in total. The van der Waals surface area contributed by atoms with Crippen LogP contribution in [0, 0.1) is 5.82 Å².